The molecule has 0 fully saturated rings. The van der Waals surface area contributed by atoms with Gasteiger partial charge >= 0.3 is 0 Å². The van der Waals surface area contributed by atoms with Gasteiger partial charge in [0, 0.05) is 43.2 Å². The Balaban J connectivity index is 1.29. The molecule has 0 amide bonds. The summed E-state index contributed by atoms with van der Waals surface area (Å²) in [7, 11) is 0. The number of benzene rings is 8. The third-order valence-corrected chi connectivity index (χ3v) is 10.9. The summed E-state index contributed by atoms with van der Waals surface area (Å²) in [5.74, 6) is 0. The van der Waals surface area contributed by atoms with Gasteiger partial charge in [0.1, 0.15) is 0 Å². The zero-order valence-corrected chi connectivity index (χ0v) is 27.4. The maximum absolute atomic E-state index is 2.48. The van der Waals surface area contributed by atoms with E-state index in [1.807, 2.05) is 11.3 Å². The molecule has 10 rings (SSSR count). The van der Waals surface area contributed by atoms with Crippen molar-refractivity contribution < 1.29 is 0 Å². The van der Waals surface area contributed by atoms with Gasteiger partial charge in [0.15, 0.2) is 0 Å². The number of aromatic nitrogens is 1. The van der Waals surface area contributed by atoms with E-state index in [-0.39, 0.29) is 0 Å². The fourth-order valence-electron chi connectivity index (χ4n) is 7.54. The molecule has 0 aliphatic rings. The highest BCUT2D eigenvalue weighted by molar-refractivity contribution is 7.26. The molecule has 0 saturated carbocycles. The van der Waals surface area contributed by atoms with Crippen molar-refractivity contribution in [2.75, 3.05) is 4.90 Å². The molecule has 0 bridgehead atoms. The molecule has 8 aromatic carbocycles. The van der Waals surface area contributed by atoms with Gasteiger partial charge in [-0.15, -0.1) is 11.3 Å². The van der Waals surface area contributed by atoms with Gasteiger partial charge in [-0.2, -0.15) is 0 Å². The Morgan fingerprint density at radius 3 is 1.94 bits per heavy atom. The second kappa shape index (κ2) is 11.2. The highest BCUT2D eigenvalue weighted by Gasteiger charge is 2.22. The molecule has 2 nitrogen and oxygen atoms in total. The van der Waals surface area contributed by atoms with Crippen LogP contribution in [0.15, 0.2) is 182 Å². The highest BCUT2D eigenvalue weighted by Crippen LogP contribution is 2.48. The second-order valence-electron chi connectivity index (χ2n) is 12.6. The Hall–Kier alpha value is -6.16. The van der Waals surface area contributed by atoms with Crippen LogP contribution in [-0.4, -0.2) is 4.57 Å². The lowest BCUT2D eigenvalue weighted by Crippen LogP contribution is -2.11. The van der Waals surface area contributed by atoms with Crippen LogP contribution in [0.2, 0.25) is 0 Å². The summed E-state index contributed by atoms with van der Waals surface area (Å²) in [6.45, 7) is 0. The molecular formula is C46H30N2S. The fraction of sp³-hybridized carbons (Fsp3) is 0. The number of rotatable bonds is 5. The lowest BCUT2D eigenvalue weighted by molar-refractivity contribution is 1.18. The van der Waals surface area contributed by atoms with E-state index in [0.717, 1.165) is 17.1 Å². The molecule has 49 heavy (non-hydrogen) atoms. The van der Waals surface area contributed by atoms with Crippen molar-refractivity contribution in [3.05, 3.63) is 182 Å². The molecule has 0 spiro atoms. The van der Waals surface area contributed by atoms with E-state index in [1.54, 1.807) is 0 Å². The van der Waals surface area contributed by atoms with Gasteiger partial charge in [0.05, 0.1) is 27.1 Å². The topological polar surface area (TPSA) is 8.17 Å². The van der Waals surface area contributed by atoms with E-state index < -0.39 is 0 Å². The van der Waals surface area contributed by atoms with E-state index in [4.69, 9.17) is 0 Å². The van der Waals surface area contributed by atoms with Crippen LogP contribution in [0.1, 0.15) is 0 Å². The average Bonchev–Trinajstić information content (AvgIpc) is 3.70. The third-order valence-electron chi connectivity index (χ3n) is 9.74. The first-order valence-electron chi connectivity index (χ1n) is 16.7. The fourth-order valence-corrected chi connectivity index (χ4v) is 8.77. The number of hydrogen-bond acceptors (Lipinski definition) is 2. The van der Waals surface area contributed by atoms with Gasteiger partial charge in [0.25, 0.3) is 0 Å². The SMILES string of the molecule is c1ccc(-c2ccccc2N(c2ccc3c4ccccc4n(-c4ccccc4)c3c2)c2cccc3c2sc2cc4ccccc4cc23)cc1. The number of fused-ring (bicyclic) bond motifs is 7. The second-order valence-corrected chi connectivity index (χ2v) is 13.6. The van der Waals surface area contributed by atoms with Gasteiger partial charge < -0.3 is 9.47 Å². The van der Waals surface area contributed by atoms with Crippen LogP contribution in [0.5, 0.6) is 0 Å². The maximum atomic E-state index is 2.48. The van der Waals surface area contributed by atoms with E-state index in [1.165, 1.54) is 69.6 Å². The molecule has 0 unspecified atom stereocenters. The molecule has 0 radical (unpaired) electrons. The summed E-state index contributed by atoms with van der Waals surface area (Å²) in [5, 5.41) is 7.62. The first-order valence-corrected chi connectivity index (χ1v) is 17.5. The number of para-hydroxylation sites is 3. The van der Waals surface area contributed by atoms with Crippen LogP contribution in [0.25, 0.3) is 69.6 Å². The van der Waals surface area contributed by atoms with E-state index >= 15 is 0 Å². The van der Waals surface area contributed by atoms with Crippen LogP contribution in [0.3, 0.4) is 0 Å². The Labute approximate surface area is 288 Å². The van der Waals surface area contributed by atoms with Crippen molar-refractivity contribution in [3.63, 3.8) is 0 Å². The van der Waals surface area contributed by atoms with Gasteiger partial charge in [-0.1, -0.05) is 127 Å². The molecular weight excluding hydrogens is 613 g/mol. The molecule has 0 aliphatic carbocycles. The van der Waals surface area contributed by atoms with E-state index in [2.05, 4.69) is 191 Å². The minimum atomic E-state index is 1.12. The Bertz CT molecular complexity index is 2830. The molecule has 0 aliphatic heterocycles. The number of hydrogen-bond donors (Lipinski definition) is 0. The molecule has 2 heterocycles. The van der Waals surface area contributed by atoms with Gasteiger partial charge in [0.2, 0.25) is 0 Å². The van der Waals surface area contributed by atoms with Crippen molar-refractivity contribution in [1.29, 1.82) is 0 Å². The Morgan fingerprint density at radius 2 is 1.08 bits per heavy atom. The normalized spacial score (nSPS) is 11.7. The molecule has 2 aromatic heterocycles. The van der Waals surface area contributed by atoms with E-state index in [0.29, 0.717) is 0 Å². The summed E-state index contributed by atoms with van der Waals surface area (Å²) in [6, 6.07) is 66.2. The van der Waals surface area contributed by atoms with Crippen LogP contribution in [0, 0.1) is 0 Å². The average molecular weight is 643 g/mol. The van der Waals surface area contributed by atoms with E-state index in [9.17, 15) is 0 Å². The monoisotopic (exact) mass is 642 g/mol. The lowest BCUT2D eigenvalue weighted by atomic mass is 10.0. The summed E-state index contributed by atoms with van der Waals surface area (Å²) < 4.78 is 4.98. The summed E-state index contributed by atoms with van der Waals surface area (Å²) in [5.41, 5.74) is 9.36. The van der Waals surface area contributed by atoms with Crippen LogP contribution < -0.4 is 4.90 Å². The maximum Gasteiger partial charge on any atom is 0.0640 e. The highest BCUT2D eigenvalue weighted by atomic mass is 32.1. The van der Waals surface area contributed by atoms with Crippen molar-refractivity contribution in [2.45, 2.75) is 0 Å². The summed E-state index contributed by atoms with van der Waals surface area (Å²) in [6.07, 6.45) is 0. The van der Waals surface area contributed by atoms with Crippen molar-refractivity contribution >= 4 is 81.1 Å². The van der Waals surface area contributed by atoms with Crippen LogP contribution >= 0.6 is 11.3 Å². The van der Waals surface area contributed by atoms with Gasteiger partial charge in [-0.05, 0) is 70.9 Å². The summed E-state index contributed by atoms with van der Waals surface area (Å²) >= 11 is 1.88. The van der Waals surface area contributed by atoms with Crippen molar-refractivity contribution in [2.24, 2.45) is 0 Å². The number of anilines is 3. The molecule has 3 heteroatoms. The zero-order chi connectivity index (χ0) is 32.3. The van der Waals surface area contributed by atoms with Crippen molar-refractivity contribution in [3.8, 4) is 16.8 Å². The predicted molar refractivity (Wildman–Crippen MR) is 211 cm³/mol. The predicted octanol–water partition coefficient (Wildman–Crippen LogP) is 13.4. The first-order chi connectivity index (χ1) is 24.3. The minimum Gasteiger partial charge on any atom is -0.309 e. The smallest absolute Gasteiger partial charge is 0.0640 e. The molecule has 230 valence electrons. The Kier molecular flexibility index (Phi) is 6.39. The standard InChI is InChI=1S/C46H30N2S/c1-3-14-31(15-4-1)36-20-9-11-23-41(36)48(43-25-13-22-39-40-28-32-16-7-8-17-33(32)29-45(40)49-46(39)43)35-26-27-38-37-21-10-12-24-42(37)47(44(38)30-35)34-18-5-2-6-19-34/h1-30H. The zero-order valence-electron chi connectivity index (χ0n) is 26.6. The molecule has 0 saturated heterocycles. The molecule has 10 aromatic rings. The largest absolute Gasteiger partial charge is 0.309 e. The number of thiophene rings is 1. The first kappa shape index (κ1) is 27.9. The van der Waals surface area contributed by atoms with Gasteiger partial charge in [-0.25, -0.2) is 0 Å². The third kappa shape index (κ3) is 4.47. The van der Waals surface area contributed by atoms with Crippen LogP contribution in [-0.2, 0) is 0 Å². The van der Waals surface area contributed by atoms with Crippen molar-refractivity contribution in [1.82, 2.24) is 4.57 Å². The van der Waals surface area contributed by atoms with Gasteiger partial charge in [-0.3, -0.25) is 0 Å². The quantitative estimate of drug-likeness (QED) is 0.181. The van der Waals surface area contributed by atoms with Crippen LogP contribution in [0.4, 0.5) is 17.1 Å². The molecule has 0 atom stereocenters. The molecule has 0 N–H and O–H groups in total. The minimum absolute atomic E-state index is 1.12. The lowest BCUT2D eigenvalue weighted by Gasteiger charge is -2.28. The summed E-state index contributed by atoms with van der Waals surface area (Å²) in [4.78, 5) is 2.48. The Morgan fingerprint density at radius 1 is 0.429 bits per heavy atom. The number of nitrogens with zero attached hydrogens (tertiary/aromatic N) is 2.